The second-order valence-electron chi connectivity index (χ2n) is 9.12. The Hall–Kier alpha value is -5.77. The molecule has 192 valence electrons. The van der Waals surface area contributed by atoms with Gasteiger partial charge in [-0.05, 0) is 30.3 Å². The summed E-state index contributed by atoms with van der Waals surface area (Å²) in [5.41, 5.74) is 6.03. The Labute approximate surface area is 226 Å². The van der Waals surface area contributed by atoms with E-state index in [9.17, 15) is 9.18 Å². The smallest absolute Gasteiger partial charge is 0.255 e. The van der Waals surface area contributed by atoms with Crippen molar-refractivity contribution in [2.75, 3.05) is 5.32 Å². The third kappa shape index (κ3) is 4.13. The van der Waals surface area contributed by atoms with Crippen LogP contribution in [-0.4, -0.2) is 41.0 Å². The van der Waals surface area contributed by atoms with Crippen molar-refractivity contribution in [3.63, 3.8) is 0 Å². The molecule has 5 heterocycles. The molecule has 0 radical (unpaired) electrons. The van der Waals surface area contributed by atoms with E-state index in [1.165, 1.54) is 6.07 Å². The first-order valence-corrected chi connectivity index (χ1v) is 12.4. The quantitative estimate of drug-likeness (QED) is 0.252. The van der Waals surface area contributed by atoms with Crippen molar-refractivity contribution in [1.82, 2.24) is 35.1 Å². The number of carbonyl (C=O) groups excluding carboxylic acids is 1. The molecule has 0 saturated heterocycles. The molecule has 7 rings (SSSR count). The number of rotatable bonds is 5. The van der Waals surface area contributed by atoms with Crippen LogP contribution in [0.15, 0.2) is 97.7 Å². The van der Waals surface area contributed by atoms with E-state index >= 15 is 0 Å². The first kappa shape index (κ1) is 23.4. The Morgan fingerprint density at radius 3 is 2.50 bits per heavy atom. The lowest BCUT2D eigenvalue weighted by atomic mass is 10.1. The van der Waals surface area contributed by atoms with Gasteiger partial charge in [0.1, 0.15) is 17.0 Å². The first-order valence-electron chi connectivity index (χ1n) is 12.4. The summed E-state index contributed by atoms with van der Waals surface area (Å²) in [5, 5.41) is 11.0. The maximum absolute atomic E-state index is 14.6. The molecule has 40 heavy (non-hydrogen) atoms. The number of hydrogen-bond donors (Lipinski definition) is 3. The van der Waals surface area contributed by atoms with Gasteiger partial charge in [-0.15, -0.1) is 0 Å². The molecular weight excluding hydrogens is 507 g/mol. The van der Waals surface area contributed by atoms with E-state index in [4.69, 9.17) is 4.98 Å². The molecule has 7 aromatic rings. The molecule has 0 unspecified atom stereocenters. The van der Waals surface area contributed by atoms with Gasteiger partial charge in [-0.3, -0.25) is 19.9 Å². The number of aromatic amines is 2. The average molecular weight is 527 g/mol. The summed E-state index contributed by atoms with van der Waals surface area (Å²) in [5.74, 6) is -0.0802. The van der Waals surface area contributed by atoms with Gasteiger partial charge in [-0.2, -0.15) is 5.10 Å². The lowest BCUT2D eigenvalue weighted by molar-refractivity contribution is 0.102. The second kappa shape index (κ2) is 9.52. The number of nitrogens with one attached hydrogen (secondary N) is 3. The Morgan fingerprint density at radius 2 is 1.62 bits per heavy atom. The van der Waals surface area contributed by atoms with E-state index in [0.29, 0.717) is 50.6 Å². The van der Waals surface area contributed by atoms with Gasteiger partial charge in [0.05, 0.1) is 29.0 Å². The largest absolute Gasteiger partial charge is 0.335 e. The number of H-pyrrole nitrogens is 2. The predicted octanol–water partition coefficient (Wildman–Crippen LogP) is 6.02. The summed E-state index contributed by atoms with van der Waals surface area (Å²) < 4.78 is 14.6. The number of nitrogens with zero attached hydrogens (tertiary/aromatic N) is 5. The van der Waals surface area contributed by atoms with Crippen LogP contribution < -0.4 is 5.32 Å². The summed E-state index contributed by atoms with van der Waals surface area (Å²) in [7, 11) is 0. The fourth-order valence-electron chi connectivity index (χ4n) is 4.62. The van der Waals surface area contributed by atoms with Gasteiger partial charge in [-0.1, -0.05) is 36.4 Å². The van der Waals surface area contributed by atoms with E-state index in [2.05, 4.69) is 35.5 Å². The van der Waals surface area contributed by atoms with Crippen LogP contribution >= 0.6 is 0 Å². The Kier molecular flexibility index (Phi) is 5.56. The summed E-state index contributed by atoms with van der Waals surface area (Å²) in [6.45, 7) is 0. The van der Waals surface area contributed by atoms with E-state index in [1.54, 1.807) is 61.3 Å². The molecule has 0 aliphatic carbocycles. The zero-order chi connectivity index (χ0) is 27.1. The molecule has 0 saturated carbocycles. The minimum atomic E-state index is -0.351. The van der Waals surface area contributed by atoms with Crippen molar-refractivity contribution in [3.8, 4) is 33.8 Å². The molecular formula is C30H19FN8O. The van der Waals surface area contributed by atoms with E-state index in [0.717, 1.165) is 16.5 Å². The number of pyridine rings is 3. The van der Waals surface area contributed by atoms with Gasteiger partial charge in [0, 0.05) is 46.4 Å². The summed E-state index contributed by atoms with van der Waals surface area (Å²) in [6.07, 6.45) is 8.26. The third-order valence-corrected chi connectivity index (χ3v) is 6.56. The van der Waals surface area contributed by atoms with Crippen LogP contribution in [0.2, 0.25) is 0 Å². The van der Waals surface area contributed by atoms with Gasteiger partial charge in [0.15, 0.2) is 11.5 Å². The third-order valence-electron chi connectivity index (χ3n) is 6.56. The lowest BCUT2D eigenvalue weighted by Crippen LogP contribution is -2.11. The van der Waals surface area contributed by atoms with E-state index in [-0.39, 0.29) is 11.7 Å². The zero-order valence-corrected chi connectivity index (χ0v) is 20.8. The standard InChI is InChI=1S/C30H19FN8O/c31-24-9-5-4-8-21(24)23-15-33-16-25-26(23)37-29(36-25)27-22-11-19(13-34-28(22)39-38-27)18-10-20(14-32-12-18)35-30(40)17-6-2-1-3-7-17/h1-16H,(H,35,40)(H,36,37)(H,34,38,39). The molecule has 2 aromatic carbocycles. The topological polar surface area (TPSA) is 125 Å². The number of halogens is 1. The molecule has 0 bridgehead atoms. The Balaban J connectivity index is 1.26. The second-order valence-corrected chi connectivity index (χ2v) is 9.12. The average Bonchev–Trinajstić information content (AvgIpc) is 3.62. The van der Waals surface area contributed by atoms with Gasteiger partial charge < -0.3 is 10.3 Å². The fourth-order valence-corrected chi connectivity index (χ4v) is 4.62. The van der Waals surface area contributed by atoms with Crippen molar-refractivity contribution in [2.24, 2.45) is 0 Å². The highest BCUT2D eigenvalue weighted by atomic mass is 19.1. The van der Waals surface area contributed by atoms with Crippen LogP contribution in [0.5, 0.6) is 0 Å². The molecule has 0 fully saturated rings. The predicted molar refractivity (Wildman–Crippen MR) is 150 cm³/mol. The molecule has 3 N–H and O–H groups in total. The van der Waals surface area contributed by atoms with Crippen molar-refractivity contribution < 1.29 is 9.18 Å². The number of aromatic nitrogens is 7. The number of carbonyl (C=O) groups is 1. The van der Waals surface area contributed by atoms with Crippen molar-refractivity contribution >= 4 is 33.7 Å². The minimum absolute atomic E-state index is 0.223. The van der Waals surface area contributed by atoms with Gasteiger partial charge in [-0.25, -0.2) is 14.4 Å². The van der Waals surface area contributed by atoms with Crippen LogP contribution in [0, 0.1) is 5.82 Å². The van der Waals surface area contributed by atoms with Crippen LogP contribution in [0.25, 0.3) is 55.8 Å². The van der Waals surface area contributed by atoms with Crippen molar-refractivity contribution in [3.05, 3.63) is 109 Å². The van der Waals surface area contributed by atoms with Crippen LogP contribution in [-0.2, 0) is 0 Å². The number of imidazole rings is 1. The molecule has 0 atom stereocenters. The first-order chi connectivity index (χ1) is 19.6. The lowest BCUT2D eigenvalue weighted by Gasteiger charge is -2.07. The normalized spacial score (nSPS) is 11.2. The number of hydrogen-bond acceptors (Lipinski definition) is 6. The van der Waals surface area contributed by atoms with Crippen LogP contribution in [0.1, 0.15) is 10.4 Å². The van der Waals surface area contributed by atoms with E-state index < -0.39 is 0 Å². The number of anilines is 1. The highest BCUT2D eigenvalue weighted by Crippen LogP contribution is 2.33. The van der Waals surface area contributed by atoms with E-state index in [1.807, 2.05) is 30.3 Å². The van der Waals surface area contributed by atoms with Crippen LogP contribution in [0.3, 0.4) is 0 Å². The molecule has 1 amide bonds. The monoisotopic (exact) mass is 526 g/mol. The molecule has 0 aliphatic heterocycles. The maximum atomic E-state index is 14.6. The molecule has 0 aliphatic rings. The van der Waals surface area contributed by atoms with Crippen LogP contribution in [0.4, 0.5) is 10.1 Å². The van der Waals surface area contributed by atoms with Gasteiger partial charge in [0.25, 0.3) is 5.91 Å². The van der Waals surface area contributed by atoms with Gasteiger partial charge in [0.2, 0.25) is 0 Å². The SMILES string of the molecule is O=C(Nc1cncc(-c2cnc3[nH]nc(-c4nc5c(-c6ccccc6F)cncc5[nH]4)c3c2)c1)c1ccccc1. The Morgan fingerprint density at radius 1 is 0.825 bits per heavy atom. The molecule has 5 aromatic heterocycles. The molecule has 10 heteroatoms. The minimum Gasteiger partial charge on any atom is -0.335 e. The number of benzene rings is 2. The summed E-state index contributed by atoms with van der Waals surface area (Å²) in [4.78, 5) is 33.8. The van der Waals surface area contributed by atoms with Crippen molar-refractivity contribution in [1.29, 1.82) is 0 Å². The highest BCUT2D eigenvalue weighted by Gasteiger charge is 2.18. The summed E-state index contributed by atoms with van der Waals surface area (Å²) in [6, 6.07) is 19.3. The number of fused-ring (bicyclic) bond motifs is 2. The fraction of sp³-hybridized carbons (Fsp3) is 0. The number of amides is 1. The van der Waals surface area contributed by atoms with Gasteiger partial charge >= 0.3 is 0 Å². The summed E-state index contributed by atoms with van der Waals surface area (Å²) >= 11 is 0. The highest BCUT2D eigenvalue weighted by molar-refractivity contribution is 6.04. The maximum Gasteiger partial charge on any atom is 0.255 e. The zero-order valence-electron chi connectivity index (χ0n) is 20.8. The molecule has 0 spiro atoms. The van der Waals surface area contributed by atoms with Crippen molar-refractivity contribution in [2.45, 2.75) is 0 Å². The molecule has 9 nitrogen and oxygen atoms in total. The Bertz CT molecular complexity index is 2030.